The third-order valence-corrected chi connectivity index (χ3v) is 2.43. The lowest BCUT2D eigenvalue weighted by molar-refractivity contribution is -0.123. The normalized spacial score (nSPS) is 30.1. The van der Waals surface area contributed by atoms with Gasteiger partial charge in [0, 0.05) is 12.6 Å². The van der Waals surface area contributed by atoms with E-state index in [1.54, 1.807) is 0 Å². The molecule has 4 nitrogen and oxygen atoms in total. The molecule has 1 aliphatic heterocycles. The summed E-state index contributed by atoms with van der Waals surface area (Å²) in [6.45, 7) is 4.53. The van der Waals surface area contributed by atoms with Crippen LogP contribution in [0.3, 0.4) is 0 Å². The maximum Gasteiger partial charge on any atom is 0.237 e. The molecule has 0 saturated carbocycles. The van der Waals surface area contributed by atoms with E-state index in [0.29, 0.717) is 13.0 Å². The number of β-amino-alcohol motifs (C(OH)–C–C–N with tert-alkyl or cyclic N) is 1. The van der Waals surface area contributed by atoms with Crippen LogP contribution in [0.2, 0.25) is 0 Å². The van der Waals surface area contributed by atoms with Crippen LogP contribution < -0.4 is 10.6 Å². The molecule has 0 aromatic rings. The van der Waals surface area contributed by atoms with Gasteiger partial charge in [-0.3, -0.25) is 4.79 Å². The van der Waals surface area contributed by atoms with Gasteiger partial charge in [-0.15, -0.1) is 0 Å². The molecular formula is C9H18N2O2. The highest BCUT2D eigenvalue weighted by molar-refractivity contribution is 5.82. The number of hydrogen-bond acceptors (Lipinski definition) is 3. The molecule has 1 unspecified atom stereocenters. The molecule has 1 aliphatic rings. The Bertz CT molecular complexity index is 184. The van der Waals surface area contributed by atoms with Crippen molar-refractivity contribution in [3.8, 4) is 0 Å². The first-order valence-corrected chi connectivity index (χ1v) is 4.85. The minimum absolute atomic E-state index is 0.00546. The molecule has 3 atom stereocenters. The van der Waals surface area contributed by atoms with Gasteiger partial charge in [-0.1, -0.05) is 6.92 Å². The van der Waals surface area contributed by atoms with E-state index in [0.717, 1.165) is 6.42 Å². The summed E-state index contributed by atoms with van der Waals surface area (Å²) in [5.74, 6) is 0.00546. The molecule has 0 aromatic heterocycles. The van der Waals surface area contributed by atoms with Gasteiger partial charge >= 0.3 is 0 Å². The molecule has 4 heteroatoms. The van der Waals surface area contributed by atoms with Crippen LogP contribution in [0, 0.1) is 0 Å². The minimum atomic E-state index is -0.368. The highest BCUT2D eigenvalue weighted by atomic mass is 16.3. The van der Waals surface area contributed by atoms with Crippen molar-refractivity contribution >= 4 is 5.91 Å². The topological polar surface area (TPSA) is 61.4 Å². The predicted molar refractivity (Wildman–Crippen MR) is 50.3 cm³/mol. The minimum Gasteiger partial charge on any atom is -0.392 e. The van der Waals surface area contributed by atoms with E-state index in [4.69, 9.17) is 0 Å². The Morgan fingerprint density at radius 1 is 1.77 bits per heavy atom. The average molecular weight is 186 g/mol. The van der Waals surface area contributed by atoms with Crippen molar-refractivity contribution in [2.75, 3.05) is 6.54 Å². The SMILES string of the molecule is CCC(C)NC(=O)[C@H]1C[C@H](O)CN1. The van der Waals surface area contributed by atoms with Crippen LogP contribution in [0.1, 0.15) is 26.7 Å². The molecule has 1 fully saturated rings. The summed E-state index contributed by atoms with van der Waals surface area (Å²) in [4.78, 5) is 11.5. The van der Waals surface area contributed by atoms with Gasteiger partial charge in [-0.05, 0) is 19.8 Å². The Hall–Kier alpha value is -0.610. The van der Waals surface area contributed by atoms with E-state index in [1.165, 1.54) is 0 Å². The Balaban J connectivity index is 2.31. The number of aliphatic hydroxyl groups is 1. The number of amides is 1. The molecule has 1 heterocycles. The highest BCUT2D eigenvalue weighted by Gasteiger charge is 2.28. The fourth-order valence-corrected chi connectivity index (χ4v) is 1.36. The second kappa shape index (κ2) is 4.58. The van der Waals surface area contributed by atoms with Crippen LogP contribution in [0.5, 0.6) is 0 Å². The highest BCUT2D eigenvalue weighted by Crippen LogP contribution is 2.06. The summed E-state index contributed by atoms with van der Waals surface area (Å²) in [5, 5.41) is 15.1. The number of nitrogens with one attached hydrogen (secondary N) is 2. The third kappa shape index (κ3) is 2.97. The molecule has 13 heavy (non-hydrogen) atoms. The number of carbonyl (C=O) groups excluding carboxylic acids is 1. The van der Waals surface area contributed by atoms with Crippen LogP contribution in [-0.4, -0.2) is 35.7 Å². The van der Waals surface area contributed by atoms with E-state index >= 15 is 0 Å². The maximum atomic E-state index is 11.5. The Labute approximate surface area is 78.7 Å². The Kier molecular flexibility index (Phi) is 3.69. The van der Waals surface area contributed by atoms with E-state index in [1.807, 2.05) is 13.8 Å². The maximum absolute atomic E-state index is 11.5. The van der Waals surface area contributed by atoms with Crippen LogP contribution >= 0.6 is 0 Å². The summed E-state index contributed by atoms with van der Waals surface area (Å²) in [6.07, 6.45) is 1.09. The van der Waals surface area contributed by atoms with Gasteiger partial charge in [-0.25, -0.2) is 0 Å². The largest absolute Gasteiger partial charge is 0.392 e. The first-order chi connectivity index (χ1) is 6.13. The van der Waals surface area contributed by atoms with Gasteiger partial charge < -0.3 is 15.7 Å². The van der Waals surface area contributed by atoms with E-state index in [2.05, 4.69) is 10.6 Å². The number of carbonyl (C=O) groups is 1. The van der Waals surface area contributed by atoms with Crippen LogP contribution in [0.25, 0.3) is 0 Å². The van der Waals surface area contributed by atoms with Crippen molar-refractivity contribution in [2.45, 2.75) is 44.9 Å². The van der Waals surface area contributed by atoms with Crippen molar-refractivity contribution in [3.05, 3.63) is 0 Å². The van der Waals surface area contributed by atoms with E-state index in [-0.39, 0.29) is 24.1 Å². The second-order valence-corrected chi connectivity index (χ2v) is 3.67. The third-order valence-electron chi connectivity index (χ3n) is 2.43. The Morgan fingerprint density at radius 2 is 2.46 bits per heavy atom. The molecule has 1 amide bonds. The summed E-state index contributed by atoms with van der Waals surface area (Å²) >= 11 is 0. The Morgan fingerprint density at radius 3 is 2.92 bits per heavy atom. The lowest BCUT2D eigenvalue weighted by Gasteiger charge is -2.15. The molecule has 0 bridgehead atoms. The fraction of sp³-hybridized carbons (Fsp3) is 0.889. The van der Waals surface area contributed by atoms with Crippen molar-refractivity contribution in [3.63, 3.8) is 0 Å². The van der Waals surface area contributed by atoms with Crippen LogP contribution in [0.15, 0.2) is 0 Å². The quantitative estimate of drug-likeness (QED) is 0.563. The lowest BCUT2D eigenvalue weighted by Crippen LogP contribution is -2.43. The second-order valence-electron chi connectivity index (χ2n) is 3.67. The van der Waals surface area contributed by atoms with E-state index in [9.17, 15) is 9.90 Å². The molecular weight excluding hydrogens is 168 g/mol. The molecule has 1 saturated heterocycles. The van der Waals surface area contributed by atoms with Crippen molar-refractivity contribution in [2.24, 2.45) is 0 Å². The van der Waals surface area contributed by atoms with Gasteiger partial charge in [0.05, 0.1) is 12.1 Å². The van der Waals surface area contributed by atoms with Crippen LogP contribution in [0.4, 0.5) is 0 Å². The molecule has 0 radical (unpaired) electrons. The predicted octanol–water partition coefficient (Wildman–Crippen LogP) is -0.376. The number of hydrogen-bond donors (Lipinski definition) is 3. The van der Waals surface area contributed by atoms with Crippen molar-refractivity contribution in [1.29, 1.82) is 0 Å². The first-order valence-electron chi connectivity index (χ1n) is 4.85. The molecule has 1 rings (SSSR count). The van der Waals surface area contributed by atoms with Crippen LogP contribution in [-0.2, 0) is 4.79 Å². The molecule has 0 aromatic carbocycles. The molecule has 3 N–H and O–H groups in total. The standard InChI is InChI=1S/C9H18N2O2/c1-3-6(2)11-9(13)8-4-7(12)5-10-8/h6-8,10,12H,3-5H2,1-2H3,(H,11,13)/t6?,7-,8+/m0/s1. The monoisotopic (exact) mass is 186 g/mol. The smallest absolute Gasteiger partial charge is 0.237 e. The van der Waals surface area contributed by atoms with Gasteiger partial charge in [0.25, 0.3) is 0 Å². The summed E-state index contributed by atoms with van der Waals surface area (Å²) in [6, 6.07) is 0.0102. The zero-order valence-corrected chi connectivity index (χ0v) is 8.21. The van der Waals surface area contributed by atoms with Gasteiger partial charge in [0.1, 0.15) is 0 Å². The zero-order chi connectivity index (χ0) is 9.84. The molecule has 0 aliphatic carbocycles. The number of aliphatic hydroxyl groups excluding tert-OH is 1. The van der Waals surface area contributed by atoms with Gasteiger partial charge in [0.15, 0.2) is 0 Å². The van der Waals surface area contributed by atoms with Crippen molar-refractivity contribution < 1.29 is 9.90 Å². The first kappa shape index (κ1) is 10.5. The van der Waals surface area contributed by atoms with Crippen molar-refractivity contribution in [1.82, 2.24) is 10.6 Å². The number of rotatable bonds is 3. The summed E-state index contributed by atoms with van der Waals surface area (Å²) in [7, 11) is 0. The van der Waals surface area contributed by atoms with E-state index < -0.39 is 0 Å². The van der Waals surface area contributed by atoms with Gasteiger partial charge in [-0.2, -0.15) is 0 Å². The average Bonchev–Trinajstić information content (AvgIpc) is 2.51. The fourth-order valence-electron chi connectivity index (χ4n) is 1.36. The molecule has 76 valence electrons. The zero-order valence-electron chi connectivity index (χ0n) is 8.21. The van der Waals surface area contributed by atoms with Gasteiger partial charge in [0.2, 0.25) is 5.91 Å². The summed E-state index contributed by atoms with van der Waals surface area (Å²) < 4.78 is 0. The molecule has 0 spiro atoms. The summed E-state index contributed by atoms with van der Waals surface area (Å²) in [5.41, 5.74) is 0. The lowest BCUT2D eigenvalue weighted by atomic mass is 10.1.